The Balaban J connectivity index is 2.63. The summed E-state index contributed by atoms with van der Waals surface area (Å²) in [4.78, 5) is 24.1. The SMILES string of the molecule is CC(Cl)CCN(C)C(=O)c1ccc(=O)[nH]n1. The highest BCUT2D eigenvalue weighted by molar-refractivity contribution is 6.20. The minimum Gasteiger partial charge on any atom is -0.340 e. The molecule has 88 valence electrons. The van der Waals surface area contributed by atoms with Gasteiger partial charge in [0.15, 0.2) is 0 Å². The van der Waals surface area contributed by atoms with E-state index in [0.717, 1.165) is 0 Å². The van der Waals surface area contributed by atoms with Gasteiger partial charge in [0, 0.05) is 25.0 Å². The van der Waals surface area contributed by atoms with Crippen molar-refractivity contribution in [3.63, 3.8) is 0 Å². The molecule has 0 saturated heterocycles. The van der Waals surface area contributed by atoms with Crippen LogP contribution in [0.2, 0.25) is 0 Å². The van der Waals surface area contributed by atoms with Gasteiger partial charge in [-0.25, -0.2) is 5.10 Å². The lowest BCUT2D eigenvalue weighted by Crippen LogP contribution is -2.30. The summed E-state index contributed by atoms with van der Waals surface area (Å²) in [6.07, 6.45) is 0.715. The van der Waals surface area contributed by atoms with Crippen LogP contribution in [0.15, 0.2) is 16.9 Å². The topological polar surface area (TPSA) is 66.1 Å². The second-order valence-corrected chi connectivity index (χ2v) is 4.35. The highest BCUT2D eigenvalue weighted by Crippen LogP contribution is 2.03. The molecule has 1 N–H and O–H groups in total. The quantitative estimate of drug-likeness (QED) is 0.798. The molecule has 5 nitrogen and oxygen atoms in total. The third-order valence-electron chi connectivity index (χ3n) is 2.11. The first-order valence-corrected chi connectivity index (χ1v) is 5.39. The number of aromatic nitrogens is 2. The number of hydrogen-bond donors (Lipinski definition) is 1. The van der Waals surface area contributed by atoms with Crippen LogP contribution >= 0.6 is 11.6 Å². The molecule has 16 heavy (non-hydrogen) atoms. The van der Waals surface area contributed by atoms with Gasteiger partial charge in [0.05, 0.1) is 0 Å². The minimum atomic E-state index is -0.325. The molecular formula is C10H14ClN3O2. The van der Waals surface area contributed by atoms with Crippen molar-refractivity contribution in [2.45, 2.75) is 18.7 Å². The molecule has 1 rings (SSSR count). The fraction of sp³-hybridized carbons (Fsp3) is 0.500. The molecular weight excluding hydrogens is 230 g/mol. The molecule has 0 radical (unpaired) electrons. The normalized spacial score (nSPS) is 12.2. The summed E-state index contributed by atoms with van der Waals surface area (Å²) in [7, 11) is 1.67. The van der Waals surface area contributed by atoms with Crippen LogP contribution in [0, 0.1) is 0 Å². The van der Waals surface area contributed by atoms with Gasteiger partial charge in [-0.2, -0.15) is 5.10 Å². The molecule has 1 aromatic heterocycles. The standard InChI is InChI=1S/C10H14ClN3O2/c1-7(11)5-6-14(2)10(16)8-3-4-9(15)13-12-8/h3-4,7H,5-6H2,1-2H3,(H,13,15). The first-order chi connectivity index (χ1) is 7.50. The van der Waals surface area contributed by atoms with E-state index in [4.69, 9.17) is 11.6 Å². The van der Waals surface area contributed by atoms with Crippen molar-refractivity contribution in [3.05, 3.63) is 28.2 Å². The van der Waals surface area contributed by atoms with Crippen LogP contribution in [-0.2, 0) is 0 Å². The van der Waals surface area contributed by atoms with Gasteiger partial charge in [0.1, 0.15) is 5.69 Å². The highest BCUT2D eigenvalue weighted by atomic mass is 35.5. The van der Waals surface area contributed by atoms with Crippen LogP contribution in [0.3, 0.4) is 0 Å². The Morgan fingerprint density at radius 2 is 2.31 bits per heavy atom. The summed E-state index contributed by atoms with van der Waals surface area (Å²) in [6.45, 7) is 2.43. The molecule has 0 bridgehead atoms. The Morgan fingerprint density at radius 3 is 2.81 bits per heavy atom. The van der Waals surface area contributed by atoms with Gasteiger partial charge in [-0.05, 0) is 19.4 Å². The number of H-pyrrole nitrogens is 1. The van der Waals surface area contributed by atoms with E-state index in [1.807, 2.05) is 6.92 Å². The van der Waals surface area contributed by atoms with E-state index in [9.17, 15) is 9.59 Å². The maximum atomic E-state index is 11.8. The number of aromatic amines is 1. The first-order valence-electron chi connectivity index (χ1n) is 4.96. The fourth-order valence-corrected chi connectivity index (χ4v) is 1.23. The van der Waals surface area contributed by atoms with E-state index in [1.165, 1.54) is 17.0 Å². The third kappa shape index (κ3) is 3.66. The van der Waals surface area contributed by atoms with Crippen molar-refractivity contribution >= 4 is 17.5 Å². The maximum Gasteiger partial charge on any atom is 0.274 e. The zero-order chi connectivity index (χ0) is 12.1. The Hall–Kier alpha value is -1.36. The molecule has 1 amide bonds. The number of nitrogens with zero attached hydrogens (tertiary/aromatic N) is 2. The monoisotopic (exact) mass is 243 g/mol. The van der Waals surface area contributed by atoms with Gasteiger partial charge in [-0.3, -0.25) is 9.59 Å². The second kappa shape index (κ2) is 5.65. The predicted octanol–water partition coefficient (Wildman–Crippen LogP) is 0.859. The summed E-state index contributed by atoms with van der Waals surface area (Å²) < 4.78 is 0. The third-order valence-corrected chi connectivity index (χ3v) is 2.33. The summed E-state index contributed by atoms with van der Waals surface area (Å²) in [5.74, 6) is -0.228. The van der Waals surface area contributed by atoms with Gasteiger partial charge in [-0.15, -0.1) is 11.6 Å². The van der Waals surface area contributed by atoms with Crippen molar-refractivity contribution in [2.75, 3.05) is 13.6 Å². The smallest absolute Gasteiger partial charge is 0.274 e. The van der Waals surface area contributed by atoms with Crippen LogP contribution < -0.4 is 5.56 Å². The summed E-state index contributed by atoms with van der Waals surface area (Å²) >= 11 is 5.79. The molecule has 1 aromatic rings. The molecule has 0 spiro atoms. The van der Waals surface area contributed by atoms with Crippen molar-refractivity contribution in [3.8, 4) is 0 Å². The van der Waals surface area contributed by atoms with E-state index in [0.29, 0.717) is 13.0 Å². The van der Waals surface area contributed by atoms with Crippen molar-refractivity contribution in [1.82, 2.24) is 15.1 Å². The van der Waals surface area contributed by atoms with E-state index in [-0.39, 0.29) is 22.5 Å². The molecule has 1 heterocycles. The minimum absolute atomic E-state index is 0.0267. The molecule has 1 unspecified atom stereocenters. The Kier molecular flexibility index (Phi) is 4.49. The van der Waals surface area contributed by atoms with Gasteiger partial charge >= 0.3 is 0 Å². The molecule has 0 aromatic carbocycles. The van der Waals surface area contributed by atoms with Crippen LogP contribution in [0.1, 0.15) is 23.8 Å². The van der Waals surface area contributed by atoms with E-state index >= 15 is 0 Å². The van der Waals surface area contributed by atoms with E-state index in [2.05, 4.69) is 10.2 Å². The largest absolute Gasteiger partial charge is 0.340 e. The number of nitrogens with one attached hydrogen (secondary N) is 1. The summed E-state index contributed by atoms with van der Waals surface area (Å²) in [5.41, 5.74) is -0.0992. The lowest BCUT2D eigenvalue weighted by atomic mass is 10.3. The Labute approximate surface area is 98.4 Å². The zero-order valence-corrected chi connectivity index (χ0v) is 9.99. The van der Waals surface area contributed by atoms with Crippen LogP contribution in [-0.4, -0.2) is 40.0 Å². The number of rotatable bonds is 4. The van der Waals surface area contributed by atoms with Crippen molar-refractivity contribution in [1.29, 1.82) is 0 Å². The number of amides is 1. The maximum absolute atomic E-state index is 11.8. The van der Waals surface area contributed by atoms with Gasteiger partial charge < -0.3 is 4.90 Å². The molecule has 0 aliphatic rings. The number of carbonyl (C=O) groups is 1. The summed E-state index contributed by atoms with van der Waals surface area (Å²) in [5, 5.41) is 5.91. The lowest BCUT2D eigenvalue weighted by Gasteiger charge is -2.16. The van der Waals surface area contributed by atoms with Crippen molar-refractivity contribution < 1.29 is 4.79 Å². The second-order valence-electron chi connectivity index (χ2n) is 3.60. The van der Waals surface area contributed by atoms with Crippen LogP contribution in [0.5, 0.6) is 0 Å². The lowest BCUT2D eigenvalue weighted by molar-refractivity contribution is 0.0786. The Bertz CT molecular complexity index is 396. The molecule has 0 aliphatic heterocycles. The van der Waals surface area contributed by atoms with Gasteiger partial charge in [0.25, 0.3) is 11.5 Å². The average molecular weight is 244 g/mol. The van der Waals surface area contributed by atoms with E-state index < -0.39 is 0 Å². The van der Waals surface area contributed by atoms with Gasteiger partial charge in [0.2, 0.25) is 0 Å². The van der Waals surface area contributed by atoms with Crippen LogP contribution in [0.4, 0.5) is 0 Å². The molecule has 0 saturated carbocycles. The highest BCUT2D eigenvalue weighted by Gasteiger charge is 2.13. The van der Waals surface area contributed by atoms with E-state index in [1.54, 1.807) is 7.05 Å². The predicted molar refractivity (Wildman–Crippen MR) is 61.8 cm³/mol. The summed E-state index contributed by atoms with van der Waals surface area (Å²) in [6, 6.07) is 2.68. The molecule has 0 fully saturated rings. The number of alkyl halides is 1. The zero-order valence-electron chi connectivity index (χ0n) is 9.24. The van der Waals surface area contributed by atoms with Crippen LogP contribution in [0.25, 0.3) is 0 Å². The average Bonchev–Trinajstić information content (AvgIpc) is 2.26. The first kappa shape index (κ1) is 12.7. The number of hydrogen-bond acceptors (Lipinski definition) is 3. The number of halogens is 1. The fourth-order valence-electron chi connectivity index (χ4n) is 1.13. The molecule has 0 aliphatic carbocycles. The number of carbonyl (C=O) groups excluding carboxylic acids is 1. The van der Waals surface area contributed by atoms with Crippen molar-refractivity contribution in [2.24, 2.45) is 0 Å². The Morgan fingerprint density at radius 1 is 1.62 bits per heavy atom. The molecule has 1 atom stereocenters. The van der Waals surface area contributed by atoms with Gasteiger partial charge in [-0.1, -0.05) is 0 Å². The molecule has 6 heteroatoms.